The summed E-state index contributed by atoms with van der Waals surface area (Å²) in [5.41, 5.74) is 2.33. The molecular formula is C15H24N4O. The summed E-state index contributed by atoms with van der Waals surface area (Å²) in [6.45, 7) is 8.14. The van der Waals surface area contributed by atoms with E-state index in [0.717, 1.165) is 44.0 Å². The average Bonchev–Trinajstić information content (AvgIpc) is 2.43. The molecule has 0 aromatic carbocycles. The number of hydrogen-bond donors (Lipinski definition) is 1. The van der Waals surface area contributed by atoms with Crippen LogP contribution in [0.5, 0.6) is 0 Å². The summed E-state index contributed by atoms with van der Waals surface area (Å²) in [7, 11) is 1.85. The van der Waals surface area contributed by atoms with Gasteiger partial charge in [0.05, 0.1) is 6.54 Å². The minimum absolute atomic E-state index is 0.158. The summed E-state index contributed by atoms with van der Waals surface area (Å²) in [5, 5.41) is 3.38. The fourth-order valence-corrected chi connectivity index (χ4v) is 2.40. The van der Waals surface area contributed by atoms with Crippen LogP contribution in [0.3, 0.4) is 0 Å². The molecule has 0 unspecified atom stereocenters. The molecule has 0 aliphatic carbocycles. The van der Waals surface area contributed by atoms with E-state index < -0.39 is 0 Å². The van der Waals surface area contributed by atoms with E-state index in [1.165, 1.54) is 5.56 Å². The maximum Gasteiger partial charge on any atom is 0.241 e. The van der Waals surface area contributed by atoms with Crippen LogP contribution >= 0.6 is 0 Å². The van der Waals surface area contributed by atoms with Gasteiger partial charge in [-0.3, -0.25) is 4.79 Å². The van der Waals surface area contributed by atoms with E-state index in [-0.39, 0.29) is 5.91 Å². The number of aromatic nitrogens is 1. The molecule has 1 amide bonds. The molecule has 1 saturated heterocycles. The van der Waals surface area contributed by atoms with E-state index in [1.54, 1.807) is 4.90 Å². The predicted molar refractivity (Wildman–Crippen MR) is 80.8 cm³/mol. The number of likely N-dealkylation sites (N-methyl/N-ethyl adjacent to an activating group) is 1. The first-order valence-electron chi connectivity index (χ1n) is 7.27. The summed E-state index contributed by atoms with van der Waals surface area (Å²) < 4.78 is 0. The van der Waals surface area contributed by atoms with Crippen molar-refractivity contribution in [2.45, 2.75) is 26.8 Å². The molecule has 1 aliphatic rings. The van der Waals surface area contributed by atoms with Gasteiger partial charge in [0.1, 0.15) is 5.82 Å². The number of rotatable bonds is 5. The van der Waals surface area contributed by atoms with Crippen molar-refractivity contribution in [3.05, 3.63) is 23.4 Å². The molecule has 5 heteroatoms. The number of nitrogens with zero attached hydrogens (tertiary/aromatic N) is 3. The molecule has 1 N–H and O–H groups in total. The second kappa shape index (κ2) is 6.70. The van der Waals surface area contributed by atoms with Gasteiger partial charge < -0.3 is 15.1 Å². The second-order valence-corrected chi connectivity index (χ2v) is 5.40. The molecule has 20 heavy (non-hydrogen) atoms. The number of carbonyl (C=O) groups excluding carboxylic acids is 1. The molecule has 0 radical (unpaired) electrons. The van der Waals surface area contributed by atoms with Gasteiger partial charge >= 0.3 is 0 Å². The maximum atomic E-state index is 11.8. The molecule has 1 aliphatic heterocycles. The molecular weight excluding hydrogens is 252 g/mol. The molecule has 0 atom stereocenters. The molecule has 110 valence electrons. The van der Waals surface area contributed by atoms with Crippen LogP contribution in [0.25, 0.3) is 0 Å². The molecule has 1 fully saturated rings. The standard InChI is InChI=1S/C15H24N4O/c1-4-5-16-9-13-8-12(2)15(17-10-13)19-7-6-18(3)14(20)11-19/h8,10,16H,4-7,9,11H2,1-3H3. The topological polar surface area (TPSA) is 48.5 Å². The Labute approximate surface area is 121 Å². The van der Waals surface area contributed by atoms with Crippen LogP contribution < -0.4 is 10.2 Å². The summed E-state index contributed by atoms with van der Waals surface area (Å²) in [4.78, 5) is 20.2. The van der Waals surface area contributed by atoms with Crippen LogP contribution in [0.1, 0.15) is 24.5 Å². The van der Waals surface area contributed by atoms with Gasteiger partial charge in [0, 0.05) is 32.9 Å². The summed E-state index contributed by atoms with van der Waals surface area (Å²) in [6, 6.07) is 2.16. The summed E-state index contributed by atoms with van der Waals surface area (Å²) in [6.07, 6.45) is 3.04. The third-order valence-electron chi connectivity index (χ3n) is 3.62. The Balaban J connectivity index is 2.04. The number of piperazine rings is 1. The molecule has 5 nitrogen and oxygen atoms in total. The number of aryl methyl sites for hydroxylation is 1. The molecule has 0 bridgehead atoms. The third kappa shape index (κ3) is 3.48. The van der Waals surface area contributed by atoms with Crippen molar-refractivity contribution in [1.29, 1.82) is 0 Å². The van der Waals surface area contributed by atoms with Gasteiger partial charge in [0.25, 0.3) is 0 Å². The van der Waals surface area contributed by atoms with E-state index in [4.69, 9.17) is 0 Å². The molecule has 1 aromatic rings. The van der Waals surface area contributed by atoms with Crippen molar-refractivity contribution in [2.75, 3.05) is 38.1 Å². The first kappa shape index (κ1) is 14.8. The summed E-state index contributed by atoms with van der Waals surface area (Å²) >= 11 is 0. The lowest BCUT2D eigenvalue weighted by molar-refractivity contribution is -0.129. The van der Waals surface area contributed by atoms with Gasteiger partial charge in [-0.15, -0.1) is 0 Å². The highest BCUT2D eigenvalue weighted by atomic mass is 16.2. The van der Waals surface area contributed by atoms with Crippen molar-refractivity contribution in [3.8, 4) is 0 Å². The fraction of sp³-hybridized carbons (Fsp3) is 0.600. The molecule has 0 spiro atoms. The van der Waals surface area contributed by atoms with Gasteiger partial charge in [-0.05, 0) is 37.1 Å². The van der Waals surface area contributed by atoms with E-state index in [2.05, 4.69) is 35.1 Å². The lowest BCUT2D eigenvalue weighted by Crippen LogP contribution is -2.49. The second-order valence-electron chi connectivity index (χ2n) is 5.40. The first-order chi connectivity index (χ1) is 9.61. The van der Waals surface area contributed by atoms with Gasteiger partial charge in [-0.25, -0.2) is 4.98 Å². The number of nitrogens with one attached hydrogen (secondary N) is 1. The van der Waals surface area contributed by atoms with Gasteiger partial charge in [-0.2, -0.15) is 0 Å². The SMILES string of the molecule is CCCNCc1cnc(N2CCN(C)C(=O)C2)c(C)c1. The van der Waals surface area contributed by atoms with E-state index >= 15 is 0 Å². The van der Waals surface area contributed by atoms with Crippen LogP contribution in [0.2, 0.25) is 0 Å². The number of carbonyl (C=O) groups is 1. The van der Waals surface area contributed by atoms with E-state index in [0.29, 0.717) is 6.54 Å². The number of pyridine rings is 1. The maximum absolute atomic E-state index is 11.8. The Hall–Kier alpha value is -1.62. The molecule has 2 rings (SSSR count). The van der Waals surface area contributed by atoms with Gasteiger partial charge in [0.2, 0.25) is 5.91 Å². The largest absolute Gasteiger partial charge is 0.345 e. The minimum atomic E-state index is 0.158. The zero-order valence-electron chi connectivity index (χ0n) is 12.6. The highest BCUT2D eigenvalue weighted by Gasteiger charge is 2.22. The van der Waals surface area contributed by atoms with Crippen molar-refractivity contribution >= 4 is 11.7 Å². The monoisotopic (exact) mass is 276 g/mol. The predicted octanol–water partition coefficient (Wildman–Crippen LogP) is 1.17. The van der Waals surface area contributed by atoms with Crippen LogP contribution in [0.15, 0.2) is 12.3 Å². The smallest absolute Gasteiger partial charge is 0.241 e. The van der Waals surface area contributed by atoms with E-state index in [1.807, 2.05) is 13.2 Å². The van der Waals surface area contributed by atoms with Crippen molar-refractivity contribution < 1.29 is 4.79 Å². The molecule has 1 aromatic heterocycles. The Morgan fingerprint density at radius 2 is 2.20 bits per heavy atom. The van der Waals surface area contributed by atoms with Crippen LogP contribution in [-0.2, 0) is 11.3 Å². The van der Waals surface area contributed by atoms with Crippen molar-refractivity contribution in [3.63, 3.8) is 0 Å². The lowest BCUT2D eigenvalue weighted by atomic mass is 10.2. The van der Waals surface area contributed by atoms with Crippen molar-refractivity contribution in [1.82, 2.24) is 15.2 Å². The highest BCUT2D eigenvalue weighted by molar-refractivity contribution is 5.82. The third-order valence-corrected chi connectivity index (χ3v) is 3.62. The quantitative estimate of drug-likeness (QED) is 0.820. The molecule has 0 saturated carbocycles. The Kier molecular flexibility index (Phi) is 4.95. The lowest BCUT2D eigenvalue weighted by Gasteiger charge is -2.33. The van der Waals surface area contributed by atoms with Crippen LogP contribution in [0.4, 0.5) is 5.82 Å². The first-order valence-corrected chi connectivity index (χ1v) is 7.27. The van der Waals surface area contributed by atoms with Gasteiger partial charge in [-0.1, -0.05) is 6.92 Å². The number of anilines is 1. The average molecular weight is 276 g/mol. The number of hydrogen-bond acceptors (Lipinski definition) is 4. The molecule has 2 heterocycles. The van der Waals surface area contributed by atoms with Gasteiger partial charge in [0.15, 0.2) is 0 Å². The Morgan fingerprint density at radius 3 is 2.85 bits per heavy atom. The Bertz CT molecular complexity index is 475. The summed E-state index contributed by atoms with van der Waals surface area (Å²) in [5.74, 6) is 1.09. The van der Waals surface area contributed by atoms with Crippen LogP contribution in [0, 0.1) is 6.92 Å². The highest BCUT2D eigenvalue weighted by Crippen LogP contribution is 2.19. The zero-order chi connectivity index (χ0) is 14.5. The minimum Gasteiger partial charge on any atom is -0.345 e. The Morgan fingerprint density at radius 1 is 1.40 bits per heavy atom. The zero-order valence-corrected chi connectivity index (χ0v) is 12.6. The van der Waals surface area contributed by atoms with Crippen molar-refractivity contribution in [2.24, 2.45) is 0 Å². The van der Waals surface area contributed by atoms with Crippen LogP contribution in [-0.4, -0.2) is 49.0 Å². The van der Waals surface area contributed by atoms with E-state index in [9.17, 15) is 4.79 Å². The normalized spacial score (nSPS) is 15.8. The fourth-order valence-electron chi connectivity index (χ4n) is 2.40. The number of amides is 1.